The zero-order chi connectivity index (χ0) is 13.1. The molecule has 0 atom stereocenters. The SMILES string of the molecule is Fc1cc(NCc2cc(Cl)ccc2Cl)ccc1Br. The molecule has 0 unspecified atom stereocenters. The summed E-state index contributed by atoms with van der Waals surface area (Å²) < 4.78 is 13.8. The van der Waals surface area contributed by atoms with Gasteiger partial charge in [-0.3, -0.25) is 0 Å². The minimum absolute atomic E-state index is 0.308. The van der Waals surface area contributed by atoms with Crippen molar-refractivity contribution >= 4 is 44.8 Å². The molecule has 2 aromatic rings. The van der Waals surface area contributed by atoms with E-state index in [4.69, 9.17) is 23.2 Å². The summed E-state index contributed by atoms with van der Waals surface area (Å²) in [6, 6.07) is 10.1. The summed E-state index contributed by atoms with van der Waals surface area (Å²) in [6.45, 7) is 0.487. The molecule has 5 heteroatoms. The molecule has 0 aromatic heterocycles. The van der Waals surface area contributed by atoms with E-state index in [0.717, 1.165) is 5.56 Å². The number of benzene rings is 2. The molecule has 1 N–H and O–H groups in total. The van der Waals surface area contributed by atoms with Crippen molar-refractivity contribution in [2.24, 2.45) is 0 Å². The maximum atomic E-state index is 13.3. The number of hydrogen-bond donors (Lipinski definition) is 1. The molecule has 0 aliphatic heterocycles. The molecule has 0 spiro atoms. The van der Waals surface area contributed by atoms with Gasteiger partial charge in [0.15, 0.2) is 0 Å². The minimum Gasteiger partial charge on any atom is -0.381 e. The van der Waals surface area contributed by atoms with Crippen LogP contribution in [0.2, 0.25) is 10.0 Å². The first-order chi connectivity index (χ1) is 8.56. The molecule has 18 heavy (non-hydrogen) atoms. The van der Waals surface area contributed by atoms with Gasteiger partial charge >= 0.3 is 0 Å². The highest BCUT2D eigenvalue weighted by Crippen LogP contribution is 2.23. The largest absolute Gasteiger partial charge is 0.381 e. The third-order valence-corrected chi connectivity index (χ3v) is 3.66. The number of halogens is 4. The summed E-state index contributed by atoms with van der Waals surface area (Å²) in [5.41, 5.74) is 1.55. The van der Waals surface area contributed by atoms with Crippen molar-refractivity contribution in [2.45, 2.75) is 6.54 Å². The van der Waals surface area contributed by atoms with Crippen molar-refractivity contribution in [3.8, 4) is 0 Å². The summed E-state index contributed by atoms with van der Waals surface area (Å²) in [5, 5.41) is 4.35. The first-order valence-corrected chi connectivity index (χ1v) is 6.74. The lowest BCUT2D eigenvalue weighted by molar-refractivity contribution is 0.621. The van der Waals surface area contributed by atoms with Crippen molar-refractivity contribution in [1.82, 2.24) is 0 Å². The van der Waals surface area contributed by atoms with Gasteiger partial charge in [-0.1, -0.05) is 23.2 Å². The van der Waals surface area contributed by atoms with Crippen molar-refractivity contribution in [3.05, 3.63) is 62.3 Å². The van der Waals surface area contributed by atoms with Gasteiger partial charge in [-0.05, 0) is 57.9 Å². The Morgan fingerprint density at radius 2 is 1.89 bits per heavy atom. The minimum atomic E-state index is -0.308. The Morgan fingerprint density at radius 1 is 1.11 bits per heavy atom. The summed E-state index contributed by atoms with van der Waals surface area (Å²) in [5.74, 6) is -0.308. The van der Waals surface area contributed by atoms with Gasteiger partial charge in [0, 0.05) is 22.3 Å². The van der Waals surface area contributed by atoms with Crippen LogP contribution < -0.4 is 5.32 Å². The van der Waals surface area contributed by atoms with Crippen LogP contribution in [0.5, 0.6) is 0 Å². The lowest BCUT2D eigenvalue weighted by Crippen LogP contribution is -2.00. The second kappa shape index (κ2) is 5.91. The van der Waals surface area contributed by atoms with E-state index in [1.54, 1.807) is 30.3 Å². The fourth-order valence-corrected chi connectivity index (χ4v) is 2.11. The van der Waals surface area contributed by atoms with Crippen LogP contribution in [0.4, 0.5) is 10.1 Å². The standard InChI is InChI=1S/C13H9BrCl2FN/c14-11-3-2-10(6-13(11)17)18-7-8-5-9(15)1-4-12(8)16/h1-6,18H,7H2. The molecule has 0 saturated carbocycles. The van der Waals surface area contributed by atoms with E-state index in [2.05, 4.69) is 21.2 Å². The maximum Gasteiger partial charge on any atom is 0.139 e. The first kappa shape index (κ1) is 13.7. The van der Waals surface area contributed by atoms with E-state index in [0.29, 0.717) is 26.8 Å². The highest BCUT2D eigenvalue weighted by molar-refractivity contribution is 9.10. The molecule has 0 fully saturated rings. The van der Waals surface area contributed by atoms with Crippen LogP contribution in [-0.4, -0.2) is 0 Å². The third-order valence-electron chi connectivity index (χ3n) is 2.41. The molecule has 0 heterocycles. The molecule has 0 amide bonds. The Labute approximate surface area is 123 Å². The molecule has 94 valence electrons. The number of rotatable bonds is 3. The smallest absolute Gasteiger partial charge is 0.139 e. The fraction of sp³-hybridized carbons (Fsp3) is 0.0769. The number of hydrogen-bond acceptors (Lipinski definition) is 1. The Bertz CT molecular complexity index is 575. The van der Waals surface area contributed by atoms with Crippen molar-refractivity contribution < 1.29 is 4.39 Å². The maximum absolute atomic E-state index is 13.3. The molecule has 2 aromatic carbocycles. The van der Waals surface area contributed by atoms with Crippen LogP contribution in [0.3, 0.4) is 0 Å². The zero-order valence-corrected chi connectivity index (χ0v) is 12.3. The van der Waals surface area contributed by atoms with Crippen molar-refractivity contribution in [3.63, 3.8) is 0 Å². The quantitative estimate of drug-likeness (QED) is 0.771. The van der Waals surface area contributed by atoms with Crippen LogP contribution in [-0.2, 0) is 6.54 Å². The summed E-state index contributed by atoms with van der Waals surface area (Å²) in [6.07, 6.45) is 0. The lowest BCUT2D eigenvalue weighted by atomic mass is 10.2. The summed E-state index contributed by atoms with van der Waals surface area (Å²) in [7, 11) is 0. The molecule has 0 bridgehead atoms. The highest BCUT2D eigenvalue weighted by atomic mass is 79.9. The van der Waals surface area contributed by atoms with Crippen molar-refractivity contribution in [1.29, 1.82) is 0 Å². The number of anilines is 1. The van der Waals surface area contributed by atoms with Gasteiger partial charge in [-0.15, -0.1) is 0 Å². The summed E-state index contributed by atoms with van der Waals surface area (Å²) in [4.78, 5) is 0. The predicted molar refractivity (Wildman–Crippen MR) is 77.9 cm³/mol. The molecule has 0 saturated heterocycles. The highest BCUT2D eigenvalue weighted by Gasteiger charge is 2.03. The van der Waals surface area contributed by atoms with Crippen LogP contribution >= 0.6 is 39.1 Å². The predicted octanol–water partition coefficient (Wildman–Crippen LogP) is 5.51. The third kappa shape index (κ3) is 3.37. The molecular formula is C13H9BrCl2FN. The average Bonchev–Trinajstić information content (AvgIpc) is 2.34. The molecule has 0 radical (unpaired) electrons. The van der Waals surface area contributed by atoms with Gasteiger partial charge < -0.3 is 5.32 Å². The fourth-order valence-electron chi connectivity index (χ4n) is 1.48. The summed E-state index contributed by atoms with van der Waals surface area (Å²) >= 11 is 15.0. The van der Waals surface area contributed by atoms with E-state index in [1.165, 1.54) is 6.07 Å². The van der Waals surface area contributed by atoms with Gasteiger partial charge in [-0.2, -0.15) is 0 Å². The van der Waals surface area contributed by atoms with Crippen LogP contribution in [0, 0.1) is 5.82 Å². The molecule has 0 aliphatic carbocycles. The molecular weight excluding hydrogens is 340 g/mol. The van der Waals surface area contributed by atoms with Gasteiger partial charge in [0.25, 0.3) is 0 Å². The Balaban J connectivity index is 2.11. The zero-order valence-electron chi connectivity index (χ0n) is 9.18. The second-order valence-corrected chi connectivity index (χ2v) is 5.42. The molecule has 2 rings (SSSR count). The van der Waals surface area contributed by atoms with Crippen LogP contribution in [0.15, 0.2) is 40.9 Å². The monoisotopic (exact) mass is 347 g/mol. The second-order valence-electron chi connectivity index (χ2n) is 3.72. The van der Waals surface area contributed by atoms with E-state index >= 15 is 0 Å². The van der Waals surface area contributed by atoms with Gasteiger partial charge in [0.05, 0.1) is 4.47 Å². The average molecular weight is 349 g/mol. The van der Waals surface area contributed by atoms with Crippen LogP contribution in [0.1, 0.15) is 5.56 Å². The van der Waals surface area contributed by atoms with Crippen molar-refractivity contribution in [2.75, 3.05) is 5.32 Å². The number of nitrogens with one attached hydrogen (secondary N) is 1. The molecule has 1 nitrogen and oxygen atoms in total. The Kier molecular flexibility index (Phi) is 4.49. The van der Waals surface area contributed by atoms with Gasteiger partial charge in [-0.25, -0.2) is 4.39 Å². The van der Waals surface area contributed by atoms with E-state index in [-0.39, 0.29) is 5.82 Å². The van der Waals surface area contributed by atoms with Gasteiger partial charge in [0.1, 0.15) is 5.82 Å². The van der Waals surface area contributed by atoms with E-state index in [9.17, 15) is 4.39 Å². The lowest BCUT2D eigenvalue weighted by Gasteiger charge is -2.09. The van der Waals surface area contributed by atoms with E-state index < -0.39 is 0 Å². The molecule has 0 aliphatic rings. The Hall–Kier alpha value is -0.770. The Morgan fingerprint density at radius 3 is 2.61 bits per heavy atom. The van der Waals surface area contributed by atoms with Crippen LogP contribution in [0.25, 0.3) is 0 Å². The van der Waals surface area contributed by atoms with Gasteiger partial charge in [0.2, 0.25) is 0 Å². The van der Waals surface area contributed by atoms with E-state index in [1.807, 2.05) is 0 Å². The topological polar surface area (TPSA) is 12.0 Å². The first-order valence-electron chi connectivity index (χ1n) is 5.19. The normalized spacial score (nSPS) is 10.4.